The maximum absolute atomic E-state index is 12.4. The lowest BCUT2D eigenvalue weighted by molar-refractivity contribution is -0.115. The first-order valence-electron chi connectivity index (χ1n) is 38.3. The fraction of sp³-hybridized carbons (Fsp3) is 0.0515. The number of allylic oxidation sites excluding steroid dienone is 3. The van der Waals surface area contributed by atoms with Crippen molar-refractivity contribution in [2.24, 2.45) is 0 Å². The number of Topliss-reactive ketones (excluding diaryl/α,β-unsaturated/α-hetero) is 1. The van der Waals surface area contributed by atoms with Crippen LogP contribution in [0.1, 0.15) is 92.3 Å². The van der Waals surface area contributed by atoms with Crippen molar-refractivity contribution >= 4 is 144 Å². The fourth-order valence-corrected chi connectivity index (χ4v) is 18.7. The quantitative estimate of drug-likeness (QED) is 0.0549. The Morgan fingerprint density at radius 3 is 1.42 bits per heavy atom. The van der Waals surface area contributed by atoms with E-state index < -0.39 is 33.3 Å². The first kappa shape index (κ1) is 81.6. The molecule has 0 saturated carbocycles. The van der Waals surface area contributed by atoms with Crippen molar-refractivity contribution in [1.82, 2.24) is 30.2 Å². The van der Waals surface area contributed by atoms with Gasteiger partial charge in [0, 0.05) is 90.6 Å². The lowest BCUT2D eigenvalue weighted by Crippen LogP contribution is -2.20. The number of H-pyrrole nitrogens is 1. The largest absolute Gasteiger partial charge is 0.346 e. The third kappa shape index (κ3) is 15.4. The van der Waals surface area contributed by atoms with Crippen LogP contribution >= 0.6 is 46.4 Å². The molecule has 0 unspecified atom stereocenters. The van der Waals surface area contributed by atoms with E-state index in [0.29, 0.717) is 147 Å². The number of benzene rings is 8. The third-order valence-corrected chi connectivity index (χ3v) is 24.9. The van der Waals surface area contributed by atoms with Gasteiger partial charge in [0.1, 0.15) is 23.1 Å². The maximum Gasteiger partial charge on any atom is 0.296 e. The van der Waals surface area contributed by atoms with Crippen LogP contribution in [-0.2, 0) is 32.3 Å². The van der Waals surface area contributed by atoms with Crippen molar-refractivity contribution in [3.05, 3.63) is 333 Å². The Kier molecular flexibility index (Phi) is 21.3. The number of rotatable bonds is 8. The highest BCUT2D eigenvalue weighted by molar-refractivity contribution is 7.91. The molecule has 0 bridgehead atoms. The molecule has 23 nitrogen and oxygen atoms in total. The number of anilines is 5. The summed E-state index contributed by atoms with van der Waals surface area (Å²) in [6, 6.07) is 56.8. The highest BCUT2D eigenvalue weighted by Gasteiger charge is 2.35. The highest BCUT2D eigenvalue weighted by atomic mass is 35.5. The Bertz CT molecular complexity index is 7650. The minimum absolute atomic E-state index is 0.0260. The topological polar surface area (TPSA) is 371 Å². The minimum atomic E-state index is -3.39. The first-order valence-corrected chi connectivity index (χ1v) is 41.5. The van der Waals surface area contributed by atoms with E-state index in [1.54, 1.807) is 97.1 Å². The Labute approximate surface area is 733 Å². The van der Waals surface area contributed by atoms with Gasteiger partial charge in [0.05, 0.1) is 140 Å². The summed E-state index contributed by atoms with van der Waals surface area (Å²) in [5.74, 6) is -0.390. The number of halogens is 4. The van der Waals surface area contributed by atoms with E-state index in [9.17, 15) is 58.2 Å². The van der Waals surface area contributed by atoms with Crippen LogP contribution in [0.4, 0.5) is 28.8 Å². The van der Waals surface area contributed by atoms with Gasteiger partial charge < -0.3 is 31.6 Å². The predicted octanol–water partition coefficient (Wildman–Crippen LogP) is 19.9. The molecule has 20 rings (SSSR count). The molecule has 7 N–H and O–H groups in total. The van der Waals surface area contributed by atoms with Crippen LogP contribution in [0.2, 0.25) is 20.1 Å². The van der Waals surface area contributed by atoms with Crippen molar-refractivity contribution in [3.63, 3.8) is 0 Å². The van der Waals surface area contributed by atoms with Crippen LogP contribution in [0.5, 0.6) is 0 Å². The second-order valence-corrected chi connectivity index (χ2v) is 33.3. The average molecular weight is 1740 g/mol. The Morgan fingerprint density at radius 1 is 0.408 bits per heavy atom. The summed E-state index contributed by atoms with van der Waals surface area (Å²) < 4.78 is 24.7. The van der Waals surface area contributed by atoms with Gasteiger partial charge in [0.2, 0.25) is 5.91 Å². The summed E-state index contributed by atoms with van der Waals surface area (Å²) >= 11 is 25.7. The Morgan fingerprint density at radius 2 is 0.880 bits per heavy atom. The number of hydrogen-bond acceptors (Lipinski definition) is 19. The van der Waals surface area contributed by atoms with Crippen LogP contribution < -0.4 is 37.3 Å². The van der Waals surface area contributed by atoms with Gasteiger partial charge in [-0.1, -0.05) is 115 Å². The van der Waals surface area contributed by atoms with E-state index in [-0.39, 0.29) is 53.7 Å². The summed E-state index contributed by atoms with van der Waals surface area (Å²) in [6.45, 7) is 15.6. The first-order chi connectivity index (χ1) is 60.1. The molecule has 125 heavy (non-hydrogen) atoms. The summed E-state index contributed by atoms with van der Waals surface area (Å²) in [4.78, 5) is 95.3. The average Bonchev–Trinajstić information content (AvgIpc) is 1.74. The molecule has 0 fully saturated rings. The van der Waals surface area contributed by atoms with E-state index in [4.69, 9.17) is 61.4 Å². The van der Waals surface area contributed by atoms with Gasteiger partial charge in [-0.3, -0.25) is 34.1 Å². The number of nitrogens with one attached hydrogen (secondary N) is 7. The smallest absolute Gasteiger partial charge is 0.296 e. The van der Waals surface area contributed by atoms with Gasteiger partial charge in [0.15, 0.2) is 15.3 Å². The number of pyridine rings is 5. The number of hydrogen-bond donors (Lipinski definition) is 7. The third-order valence-electron chi connectivity index (χ3n) is 21.7. The van der Waals surface area contributed by atoms with Gasteiger partial charge in [-0.2, -0.15) is 21.0 Å². The maximum atomic E-state index is 12.4. The molecular formula is C97H59Cl4N15O8S. The van der Waals surface area contributed by atoms with Crippen LogP contribution in [0.25, 0.3) is 119 Å². The number of imide groups is 1. The molecule has 7 aliphatic rings. The number of nitrogens with zero attached hydrogens (tertiary/aromatic N) is 8. The van der Waals surface area contributed by atoms with E-state index in [1.807, 2.05) is 111 Å². The lowest BCUT2D eigenvalue weighted by atomic mass is 9.92. The molecule has 4 amide bonds. The van der Waals surface area contributed by atoms with Crippen molar-refractivity contribution in [1.29, 1.82) is 21.0 Å². The number of aromatic nitrogens is 5. The van der Waals surface area contributed by atoms with Crippen molar-refractivity contribution in [2.75, 3.05) is 32.3 Å². The number of carbonyl (C=O) groups is 5. The predicted molar refractivity (Wildman–Crippen MR) is 485 cm³/mol. The van der Waals surface area contributed by atoms with Crippen molar-refractivity contribution in [3.8, 4) is 114 Å². The number of aryl methyl sites for hydroxylation is 1. The zero-order valence-electron chi connectivity index (χ0n) is 65.6. The molecule has 28 heteroatoms. The summed E-state index contributed by atoms with van der Waals surface area (Å²) in [6.07, 6.45) is 13.5. The lowest BCUT2D eigenvalue weighted by Gasteiger charge is -2.20. The van der Waals surface area contributed by atoms with E-state index in [2.05, 4.69) is 85.9 Å². The van der Waals surface area contributed by atoms with Gasteiger partial charge in [-0.15, -0.1) is 0 Å². The fourth-order valence-electron chi connectivity index (χ4n) is 15.7. The zero-order valence-corrected chi connectivity index (χ0v) is 69.5. The normalized spacial score (nSPS) is 14.0. The summed E-state index contributed by atoms with van der Waals surface area (Å²) in [5.41, 5.74) is 23.2. The Balaban J connectivity index is 0.000000118. The molecule has 13 aromatic rings. The molecule has 8 aromatic carbocycles. The van der Waals surface area contributed by atoms with Gasteiger partial charge in [-0.05, 0) is 210 Å². The standard InChI is InChI=1S/C25H15ClN4O2.C25H17ClN4O.C24H13ClN4O2.C23H14ClN3O3S/c1-12-6-7-14-8-18(16-9-19-22(20(26)10-16)30-25(32)23(19)31)21(29-24(14)28-12)17-5-3-4-15(11-27)13(17)2;1-13-6-7-15-9-20(17-8-18-11-22(31)29-23(18)21(26)10-17)24(30-25(15)28-13)19-5-3-4-16(12-27)14(19)2;1-12-5-6-15-8-17(16-9-18-20(19(25)10-16)24(31)29-23(18)30)21(28-22(15)27-12)14-4-2-3-13(7-14)11-26;24-19-10-16(9-15-5-7-31(29,30)22(15)19)17-11-18-20(28)4-6-26-23(18)27-21(17)14-3-1-2-13(8-14)12-25/h3-10H,1H2,2H3,(H,28,29)(H,30,31,32);3-10H,1,11H2,2H3,(H,28,30)(H,29,31);2-10H,1H2,(H,27,28)(H,29,30,31);1-4,6,8-11H,5,7H2,(H,26,27,28). The highest BCUT2D eigenvalue weighted by Crippen LogP contribution is 2.47. The number of sulfone groups is 1. The van der Waals surface area contributed by atoms with E-state index in [0.717, 1.165) is 78.2 Å². The monoisotopic (exact) mass is 1730 g/mol. The molecule has 0 atom stereocenters. The minimum Gasteiger partial charge on any atom is -0.346 e. The van der Waals surface area contributed by atoms with Crippen LogP contribution in [0.3, 0.4) is 0 Å². The second-order valence-electron chi connectivity index (χ2n) is 29.7. The van der Waals surface area contributed by atoms with E-state index in [1.165, 1.54) is 12.3 Å². The number of amides is 4. The molecule has 0 aliphatic carbocycles. The second kappa shape index (κ2) is 32.7. The van der Waals surface area contributed by atoms with Gasteiger partial charge >= 0.3 is 0 Å². The summed E-state index contributed by atoms with van der Waals surface area (Å²) in [5, 5.41) is 56.3. The summed E-state index contributed by atoms with van der Waals surface area (Å²) in [7, 11) is -3.39. The van der Waals surface area contributed by atoms with E-state index >= 15 is 0 Å². The number of aromatic amines is 1. The van der Waals surface area contributed by atoms with Crippen molar-refractivity contribution in [2.45, 2.75) is 31.6 Å². The van der Waals surface area contributed by atoms with Gasteiger partial charge in [0.25, 0.3) is 23.5 Å². The number of carbonyl (C=O) groups excluding carboxylic acids is 5. The van der Waals surface area contributed by atoms with Crippen molar-refractivity contribution < 1.29 is 32.4 Å². The number of nitriles is 4. The molecular weight excluding hydrogens is 1680 g/mol. The Hall–Kier alpha value is -15.8. The van der Waals surface area contributed by atoms with Crippen LogP contribution in [0.15, 0.2) is 235 Å². The molecule has 0 radical (unpaired) electrons. The SMILES string of the molecule is C=C1C=Cc2cc(-c3cc(Cl)c4c(c3)C(=O)C(=O)N4)c(-c3cccc(C#N)c3C)nc2N1.C=C1C=Cc2cc(-c3cc(Cl)c4c(c3)C(=O)NC4=O)c(-c3cccc(C#N)c3)nc2N1.C=C1C=Cc2cc(-c3cc(Cl)c4c(c3)CC(=O)N4)c(-c3cccc(C#N)c3C)nc2N1.N#Cc1cccc(-c2nc3[nH]ccc(=O)c3cc2-c2cc(Cl)c3c(c2)CCS3(=O)=O)c1. The molecule has 7 aliphatic heterocycles. The molecule has 0 saturated heterocycles. The molecule has 0 spiro atoms. The zero-order chi connectivity index (χ0) is 87.7. The van der Waals surface area contributed by atoms with Crippen LogP contribution in [0, 0.1) is 59.2 Å². The van der Waals surface area contributed by atoms with Gasteiger partial charge in [-0.25, -0.2) is 28.4 Å². The molecule has 5 aromatic heterocycles. The number of ketones is 1. The van der Waals surface area contributed by atoms with Crippen LogP contribution in [-0.4, -0.2) is 68.5 Å². The number of fused-ring (bicyclic) bond motifs is 8. The molecule has 604 valence electrons. The molecule has 12 heterocycles.